The molecule has 4 heteroatoms. The minimum Gasteiger partial charge on any atom is -0.508 e. The summed E-state index contributed by atoms with van der Waals surface area (Å²) in [4.78, 5) is 14.0. The predicted molar refractivity (Wildman–Crippen MR) is 70.2 cm³/mol. The van der Waals surface area contributed by atoms with Gasteiger partial charge in [0.05, 0.1) is 6.04 Å². The predicted octanol–water partition coefficient (Wildman–Crippen LogP) is 1.35. The molecule has 0 bridgehead atoms. The van der Waals surface area contributed by atoms with Crippen LogP contribution in [0, 0.1) is 5.92 Å². The van der Waals surface area contributed by atoms with E-state index in [0.717, 1.165) is 18.5 Å². The Labute approximate surface area is 108 Å². The number of carbonyl (C=O) groups excluding carboxylic acids is 1. The number of carbonyl (C=O) groups is 1. The van der Waals surface area contributed by atoms with Crippen molar-refractivity contribution in [3.8, 4) is 5.75 Å². The van der Waals surface area contributed by atoms with E-state index in [0.29, 0.717) is 12.5 Å². The van der Waals surface area contributed by atoms with Gasteiger partial charge in [-0.25, -0.2) is 0 Å². The fourth-order valence-electron chi connectivity index (χ4n) is 2.36. The molecule has 1 aliphatic heterocycles. The maximum absolute atomic E-state index is 12.2. The van der Waals surface area contributed by atoms with Crippen LogP contribution in [0.25, 0.3) is 0 Å². The van der Waals surface area contributed by atoms with Gasteiger partial charge in [-0.05, 0) is 36.6 Å². The Morgan fingerprint density at radius 1 is 1.44 bits per heavy atom. The number of phenolic OH excluding ortho intramolecular Hbond substituents is 1. The number of aromatic hydroxyl groups is 1. The van der Waals surface area contributed by atoms with Gasteiger partial charge in [-0.3, -0.25) is 4.79 Å². The van der Waals surface area contributed by atoms with E-state index < -0.39 is 0 Å². The maximum Gasteiger partial charge on any atom is 0.240 e. The molecule has 2 rings (SSSR count). The van der Waals surface area contributed by atoms with E-state index in [1.165, 1.54) is 0 Å². The summed E-state index contributed by atoms with van der Waals surface area (Å²) < 4.78 is 0. The number of likely N-dealkylation sites (N-methyl/N-ethyl adjacent to an activating group) is 1. The molecule has 0 radical (unpaired) electrons. The normalized spacial score (nSPS) is 23.0. The summed E-state index contributed by atoms with van der Waals surface area (Å²) in [5.41, 5.74) is 1.02. The summed E-state index contributed by atoms with van der Waals surface area (Å²) in [5.74, 6) is 0.798. The summed E-state index contributed by atoms with van der Waals surface area (Å²) in [5, 5.41) is 12.5. The first kappa shape index (κ1) is 12.9. The second-order valence-electron chi connectivity index (χ2n) is 5.06. The maximum atomic E-state index is 12.2. The van der Waals surface area contributed by atoms with Crippen molar-refractivity contribution < 1.29 is 9.90 Å². The van der Waals surface area contributed by atoms with Gasteiger partial charge in [-0.1, -0.05) is 19.1 Å². The van der Waals surface area contributed by atoms with E-state index in [9.17, 15) is 9.90 Å². The molecular formula is C14H20N2O2. The molecule has 0 aromatic heterocycles. The van der Waals surface area contributed by atoms with Crippen molar-refractivity contribution in [2.75, 3.05) is 13.6 Å². The Bertz CT molecular complexity index is 416. The van der Waals surface area contributed by atoms with Gasteiger partial charge in [0.1, 0.15) is 5.75 Å². The van der Waals surface area contributed by atoms with Gasteiger partial charge in [-0.15, -0.1) is 0 Å². The lowest BCUT2D eigenvalue weighted by atomic mass is 10.0. The van der Waals surface area contributed by atoms with Crippen LogP contribution >= 0.6 is 0 Å². The van der Waals surface area contributed by atoms with Gasteiger partial charge >= 0.3 is 0 Å². The Hall–Kier alpha value is -1.55. The van der Waals surface area contributed by atoms with Crippen LogP contribution in [-0.2, 0) is 11.3 Å². The van der Waals surface area contributed by atoms with Gasteiger partial charge in [-0.2, -0.15) is 0 Å². The lowest BCUT2D eigenvalue weighted by Gasteiger charge is -2.23. The van der Waals surface area contributed by atoms with E-state index >= 15 is 0 Å². The van der Waals surface area contributed by atoms with Crippen LogP contribution in [0.3, 0.4) is 0 Å². The van der Waals surface area contributed by atoms with Crippen LogP contribution in [0.1, 0.15) is 18.9 Å². The molecule has 2 atom stereocenters. The lowest BCUT2D eigenvalue weighted by molar-refractivity contribution is -0.133. The highest BCUT2D eigenvalue weighted by Crippen LogP contribution is 2.17. The van der Waals surface area contributed by atoms with Crippen LogP contribution in [0.4, 0.5) is 0 Å². The third-order valence-electron chi connectivity index (χ3n) is 3.53. The Kier molecular flexibility index (Phi) is 3.87. The van der Waals surface area contributed by atoms with E-state index in [-0.39, 0.29) is 17.7 Å². The third-order valence-corrected chi connectivity index (χ3v) is 3.53. The summed E-state index contributed by atoms with van der Waals surface area (Å²) in [6, 6.07) is 6.91. The van der Waals surface area contributed by atoms with Crippen molar-refractivity contribution in [3.05, 3.63) is 29.8 Å². The molecular weight excluding hydrogens is 228 g/mol. The van der Waals surface area contributed by atoms with Crippen LogP contribution in [0.15, 0.2) is 24.3 Å². The minimum absolute atomic E-state index is 0.0490. The van der Waals surface area contributed by atoms with Gasteiger partial charge < -0.3 is 15.3 Å². The van der Waals surface area contributed by atoms with Crippen molar-refractivity contribution in [2.45, 2.75) is 25.9 Å². The molecule has 1 heterocycles. The summed E-state index contributed by atoms with van der Waals surface area (Å²) in [6.45, 7) is 3.60. The zero-order valence-corrected chi connectivity index (χ0v) is 10.9. The van der Waals surface area contributed by atoms with Crippen LogP contribution in [-0.4, -0.2) is 35.5 Å². The number of benzene rings is 1. The number of amides is 1. The highest BCUT2D eigenvalue weighted by Gasteiger charge is 2.31. The number of rotatable bonds is 3. The molecule has 0 aliphatic carbocycles. The second kappa shape index (κ2) is 5.40. The lowest BCUT2D eigenvalue weighted by Crippen LogP contribution is -2.43. The molecule has 4 nitrogen and oxygen atoms in total. The first-order valence-corrected chi connectivity index (χ1v) is 6.34. The zero-order chi connectivity index (χ0) is 13.1. The van der Waals surface area contributed by atoms with Gasteiger partial charge in [0, 0.05) is 13.6 Å². The quantitative estimate of drug-likeness (QED) is 0.849. The van der Waals surface area contributed by atoms with Crippen molar-refractivity contribution in [1.82, 2.24) is 10.2 Å². The molecule has 0 saturated carbocycles. The van der Waals surface area contributed by atoms with E-state index in [1.54, 1.807) is 17.0 Å². The SMILES string of the molecule is CC1CCNC1C(=O)N(C)Cc1ccc(O)cc1. The fourth-order valence-corrected chi connectivity index (χ4v) is 2.36. The molecule has 2 N–H and O–H groups in total. The highest BCUT2D eigenvalue weighted by molar-refractivity contribution is 5.82. The van der Waals surface area contributed by atoms with Crippen molar-refractivity contribution in [1.29, 1.82) is 0 Å². The number of phenols is 1. The zero-order valence-electron chi connectivity index (χ0n) is 10.9. The van der Waals surface area contributed by atoms with Gasteiger partial charge in [0.2, 0.25) is 5.91 Å². The largest absolute Gasteiger partial charge is 0.508 e. The standard InChI is InChI=1S/C14H20N2O2/c1-10-7-8-15-13(10)14(18)16(2)9-11-3-5-12(17)6-4-11/h3-6,10,13,15,17H,7-9H2,1-2H3. The monoisotopic (exact) mass is 248 g/mol. The van der Waals surface area contributed by atoms with Crippen molar-refractivity contribution >= 4 is 5.91 Å². The summed E-state index contributed by atoms with van der Waals surface area (Å²) in [7, 11) is 1.82. The molecule has 0 spiro atoms. The van der Waals surface area contributed by atoms with Gasteiger partial charge in [0.25, 0.3) is 0 Å². The molecule has 1 aromatic rings. The molecule has 1 amide bonds. The topological polar surface area (TPSA) is 52.6 Å². The average molecular weight is 248 g/mol. The average Bonchev–Trinajstić information content (AvgIpc) is 2.77. The second-order valence-corrected chi connectivity index (χ2v) is 5.06. The van der Waals surface area contributed by atoms with E-state index in [4.69, 9.17) is 0 Å². The fraction of sp³-hybridized carbons (Fsp3) is 0.500. The number of hydrogen-bond donors (Lipinski definition) is 2. The Morgan fingerprint density at radius 3 is 2.67 bits per heavy atom. The highest BCUT2D eigenvalue weighted by atomic mass is 16.3. The number of nitrogens with zero attached hydrogens (tertiary/aromatic N) is 1. The van der Waals surface area contributed by atoms with Crippen LogP contribution in [0.2, 0.25) is 0 Å². The molecule has 1 fully saturated rings. The molecule has 2 unspecified atom stereocenters. The van der Waals surface area contributed by atoms with Gasteiger partial charge in [0.15, 0.2) is 0 Å². The molecule has 98 valence electrons. The first-order valence-electron chi connectivity index (χ1n) is 6.34. The van der Waals surface area contributed by atoms with E-state index in [1.807, 2.05) is 19.2 Å². The number of hydrogen-bond acceptors (Lipinski definition) is 3. The Balaban J connectivity index is 1.97. The number of nitrogens with one attached hydrogen (secondary N) is 1. The van der Waals surface area contributed by atoms with E-state index in [2.05, 4.69) is 12.2 Å². The summed E-state index contributed by atoms with van der Waals surface area (Å²) in [6.07, 6.45) is 1.06. The third kappa shape index (κ3) is 2.82. The summed E-state index contributed by atoms with van der Waals surface area (Å²) >= 11 is 0. The molecule has 1 aliphatic rings. The van der Waals surface area contributed by atoms with Crippen molar-refractivity contribution in [2.24, 2.45) is 5.92 Å². The molecule has 1 saturated heterocycles. The smallest absolute Gasteiger partial charge is 0.240 e. The molecule has 1 aromatic carbocycles. The molecule has 18 heavy (non-hydrogen) atoms. The minimum atomic E-state index is -0.0490. The first-order chi connectivity index (χ1) is 8.58. The van der Waals surface area contributed by atoms with Crippen molar-refractivity contribution in [3.63, 3.8) is 0 Å². The van der Waals surface area contributed by atoms with Crippen LogP contribution < -0.4 is 5.32 Å². The van der Waals surface area contributed by atoms with Crippen LogP contribution in [0.5, 0.6) is 5.75 Å². The Morgan fingerprint density at radius 2 is 2.11 bits per heavy atom.